The van der Waals surface area contributed by atoms with Crippen molar-refractivity contribution < 1.29 is 12.9 Å². The Morgan fingerprint density at radius 1 is 1.35 bits per heavy atom. The molecule has 0 atom stereocenters. The molecule has 0 saturated carbocycles. The van der Waals surface area contributed by atoms with Gasteiger partial charge in [-0.3, -0.25) is 0 Å². The normalized spacial score (nSPS) is 11.8. The minimum Gasteiger partial charge on any atom is -0.398 e. The molecular formula is C11H11Br2N3O3S. The van der Waals surface area contributed by atoms with Crippen molar-refractivity contribution in [3.05, 3.63) is 38.6 Å². The zero-order valence-corrected chi connectivity index (χ0v) is 14.3. The number of aryl methyl sites for hydroxylation is 1. The Morgan fingerprint density at radius 3 is 2.60 bits per heavy atom. The Kier molecular flexibility index (Phi) is 4.52. The van der Waals surface area contributed by atoms with Crippen molar-refractivity contribution in [3.8, 4) is 0 Å². The van der Waals surface area contributed by atoms with Gasteiger partial charge in [-0.05, 0) is 35.0 Å². The molecule has 0 radical (unpaired) electrons. The number of nitrogens with two attached hydrogens (primary N) is 1. The minimum absolute atomic E-state index is 0.000849. The molecule has 3 N–H and O–H groups in total. The van der Waals surface area contributed by atoms with Gasteiger partial charge in [0.15, 0.2) is 0 Å². The fourth-order valence-electron chi connectivity index (χ4n) is 1.61. The maximum Gasteiger partial charge on any atom is 0.244 e. The summed E-state index contributed by atoms with van der Waals surface area (Å²) in [7, 11) is -3.75. The third-order valence-corrected chi connectivity index (χ3v) is 5.29. The molecule has 0 bridgehead atoms. The predicted molar refractivity (Wildman–Crippen MR) is 81.5 cm³/mol. The summed E-state index contributed by atoms with van der Waals surface area (Å²) < 4.78 is 32.9. The number of nitrogen functional groups attached to an aromatic ring is 1. The number of hydrogen-bond donors (Lipinski definition) is 2. The zero-order valence-electron chi connectivity index (χ0n) is 10.4. The van der Waals surface area contributed by atoms with Crippen LogP contribution in [0.25, 0.3) is 0 Å². The van der Waals surface area contributed by atoms with Crippen molar-refractivity contribution in [2.45, 2.75) is 18.4 Å². The van der Waals surface area contributed by atoms with Crippen LogP contribution >= 0.6 is 31.9 Å². The van der Waals surface area contributed by atoms with E-state index in [4.69, 9.17) is 10.3 Å². The number of hydrogen-bond acceptors (Lipinski definition) is 5. The van der Waals surface area contributed by atoms with Crippen LogP contribution in [0.15, 0.2) is 36.6 Å². The first-order valence-electron chi connectivity index (χ1n) is 5.46. The molecule has 0 saturated heterocycles. The summed E-state index contributed by atoms with van der Waals surface area (Å²) in [5.41, 5.74) is 6.41. The van der Waals surface area contributed by atoms with Gasteiger partial charge in [0.25, 0.3) is 0 Å². The van der Waals surface area contributed by atoms with Gasteiger partial charge in [0.05, 0.1) is 17.9 Å². The molecule has 0 amide bonds. The van der Waals surface area contributed by atoms with Crippen molar-refractivity contribution in [2.24, 2.45) is 0 Å². The fraction of sp³-hybridized carbons (Fsp3) is 0.182. The second kappa shape index (κ2) is 5.84. The monoisotopic (exact) mass is 423 g/mol. The zero-order chi connectivity index (χ0) is 14.9. The highest BCUT2D eigenvalue weighted by molar-refractivity contribution is 9.11. The Balaban J connectivity index is 2.27. The predicted octanol–water partition coefficient (Wildman–Crippen LogP) is 2.57. The lowest BCUT2D eigenvalue weighted by molar-refractivity contribution is 0.390. The highest BCUT2D eigenvalue weighted by Gasteiger charge is 2.21. The van der Waals surface area contributed by atoms with E-state index in [1.165, 1.54) is 6.07 Å². The van der Waals surface area contributed by atoms with Gasteiger partial charge in [-0.15, -0.1) is 0 Å². The molecule has 0 unspecified atom stereocenters. The second-order valence-corrected chi connectivity index (χ2v) is 7.53. The highest BCUT2D eigenvalue weighted by Crippen LogP contribution is 2.31. The maximum absolute atomic E-state index is 12.3. The van der Waals surface area contributed by atoms with E-state index in [0.29, 0.717) is 20.4 Å². The van der Waals surface area contributed by atoms with Gasteiger partial charge in [-0.2, -0.15) is 0 Å². The summed E-state index contributed by atoms with van der Waals surface area (Å²) in [6.45, 7) is 1.76. The molecule has 2 rings (SSSR count). The lowest BCUT2D eigenvalue weighted by atomic mass is 10.3. The molecule has 0 aliphatic carbocycles. The van der Waals surface area contributed by atoms with Crippen molar-refractivity contribution >= 4 is 47.6 Å². The van der Waals surface area contributed by atoms with Gasteiger partial charge in [-0.1, -0.05) is 21.1 Å². The second-order valence-electron chi connectivity index (χ2n) is 4.06. The van der Waals surface area contributed by atoms with E-state index < -0.39 is 10.0 Å². The molecule has 2 aromatic rings. The van der Waals surface area contributed by atoms with Crippen molar-refractivity contribution in [2.75, 3.05) is 5.73 Å². The Morgan fingerprint density at radius 2 is 2.05 bits per heavy atom. The van der Waals surface area contributed by atoms with Gasteiger partial charge in [0.2, 0.25) is 10.0 Å². The lowest BCUT2D eigenvalue weighted by Crippen LogP contribution is -2.24. The molecule has 0 fully saturated rings. The third-order valence-electron chi connectivity index (χ3n) is 2.43. The molecule has 1 aromatic carbocycles. The van der Waals surface area contributed by atoms with Crippen LogP contribution in [0, 0.1) is 6.92 Å². The van der Waals surface area contributed by atoms with Gasteiger partial charge < -0.3 is 10.3 Å². The van der Waals surface area contributed by atoms with E-state index in [-0.39, 0.29) is 17.1 Å². The van der Waals surface area contributed by atoms with Gasteiger partial charge in [0.1, 0.15) is 10.7 Å². The summed E-state index contributed by atoms with van der Waals surface area (Å²) in [4.78, 5) is 0.000849. The van der Waals surface area contributed by atoms with Crippen molar-refractivity contribution in [1.29, 1.82) is 0 Å². The Hall–Kier alpha value is -0.900. The maximum atomic E-state index is 12.3. The van der Waals surface area contributed by atoms with Crippen LogP contribution in [0.5, 0.6) is 0 Å². The quantitative estimate of drug-likeness (QED) is 0.735. The topological polar surface area (TPSA) is 98.2 Å². The van der Waals surface area contributed by atoms with Gasteiger partial charge in [0, 0.05) is 15.0 Å². The average Bonchev–Trinajstić information content (AvgIpc) is 2.71. The summed E-state index contributed by atoms with van der Waals surface area (Å²) in [6, 6.07) is 4.80. The SMILES string of the molecule is Cc1cc(CNS(=O)(=O)c2c(N)cc(Br)cc2Br)no1. The number of aromatic nitrogens is 1. The largest absolute Gasteiger partial charge is 0.398 e. The van der Waals surface area contributed by atoms with Crippen LogP contribution < -0.4 is 10.5 Å². The van der Waals surface area contributed by atoms with Crippen molar-refractivity contribution in [3.63, 3.8) is 0 Å². The molecule has 1 heterocycles. The van der Waals surface area contributed by atoms with Crippen LogP contribution in [0.4, 0.5) is 5.69 Å². The first-order valence-corrected chi connectivity index (χ1v) is 8.53. The first kappa shape index (κ1) is 15.5. The van der Waals surface area contributed by atoms with Gasteiger partial charge in [-0.25, -0.2) is 13.1 Å². The van der Waals surface area contributed by atoms with E-state index in [2.05, 4.69) is 41.7 Å². The van der Waals surface area contributed by atoms with Crippen molar-refractivity contribution in [1.82, 2.24) is 9.88 Å². The number of anilines is 1. The number of sulfonamides is 1. The fourth-order valence-corrected chi connectivity index (χ4v) is 4.67. The smallest absolute Gasteiger partial charge is 0.244 e. The Labute approximate surface area is 133 Å². The van der Waals surface area contributed by atoms with E-state index in [0.717, 1.165) is 0 Å². The number of benzene rings is 1. The first-order chi connectivity index (χ1) is 9.29. The summed E-state index contributed by atoms with van der Waals surface area (Å²) >= 11 is 6.45. The number of rotatable bonds is 4. The molecule has 108 valence electrons. The van der Waals surface area contributed by atoms with Crippen LogP contribution in [0.3, 0.4) is 0 Å². The van der Waals surface area contributed by atoms with Crippen LogP contribution in [-0.4, -0.2) is 13.6 Å². The summed E-state index contributed by atoms with van der Waals surface area (Å²) in [5.74, 6) is 0.614. The van der Waals surface area contributed by atoms with E-state index in [1.807, 2.05) is 0 Å². The van der Waals surface area contributed by atoms with Gasteiger partial charge >= 0.3 is 0 Å². The third kappa shape index (κ3) is 3.40. The minimum atomic E-state index is -3.75. The molecule has 6 nitrogen and oxygen atoms in total. The molecule has 1 aromatic heterocycles. The number of nitrogens with one attached hydrogen (secondary N) is 1. The van der Waals surface area contributed by atoms with Crippen LogP contribution in [0.2, 0.25) is 0 Å². The molecule has 9 heteroatoms. The van der Waals surface area contributed by atoms with Crippen LogP contribution in [-0.2, 0) is 16.6 Å². The van der Waals surface area contributed by atoms with E-state index in [1.54, 1.807) is 19.1 Å². The molecule has 0 spiro atoms. The number of nitrogens with zero attached hydrogens (tertiary/aromatic N) is 1. The number of halogens is 2. The lowest BCUT2D eigenvalue weighted by Gasteiger charge is -2.10. The standard InChI is InChI=1S/C11H11Br2N3O3S/c1-6-2-8(16-19-6)5-15-20(17,18)11-9(13)3-7(12)4-10(11)14/h2-4,15H,5,14H2,1H3. The van der Waals surface area contributed by atoms with Crippen LogP contribution in [0.1, 0.15) is 11.5 Å². The Bertz CT molecular complexity index is 720. The average molecular weight is 425 g/mol. The summed E-state index contributed by atoms with van der Waals surface area (Å²) in [6.07, 6.45) is 0. The molecular weight excluding hydrogens is 414 g/mol. The molecule has 0 aliphatic rings. The molecule has 0 aliphatic heterocycles. The highest BCUT2D eigenvalue weighted by atomic mass is 79.9. The van der Waals surface area contributed by atoms with E-state index in [9.17, 15) is 8.42 Å². The summed E-state index contributed by atoms with van der Waals surface area (Å²) in [5, 5.41) is 3.72. The molecule has 20 heavy (non-hydrogen) atoms. The van der Waals surface area contributed by atoms with E-state index >= 15 is 0 Å².